The Balaban J connectivity index is 1.73. The first kappa shape index (κ1) is 14.2. The van der Waals surface area contributed by atoms with Crippen LogP contribution in [0.5, 0.6) is 0 Å². The first-order chi connectivity index (χ1) is 8.94. The van der Waals surface area contributed by atoms with Crippen LogP contribution in [0.3, 0.4) is 0 Å². The lowest BCUT2D eigenvalue weighted by molar-refractivity contribution is -0.135. The van der Waals surface area contributed by atoms with Crippen molar-refractivity contribution in [2.75, 3.05) is 26.3 Å². The summed E-state index contributed by atoms with van der Waals surface area (Å²) in [4.78, 5) is 8.30. The van der Waals surface area contributed by atoms with E-state index in [0.717, 1.165) is 25.3 Å². The van der Waals surface area contributed by atoms with Crippen molar-refractivity contribution in [3.05, 3.63) is 12.3 Å². The van der Waals surface area contributed by atoms with E-state index in [1.54, 1.807) is 4.90 Å². The van der Waals surface area contributed by atoms with Crippen LogP contribution in [-0.2, 0) is 0 Å². The molecule has 0 bridgehead atoms. The van der Waals surface area contributed by atoms with Crippen molar-refractivity contribution in [2.45, 2.75) is 31.5 Å². The summed E-state index contributed by atoms with van der Waals surface area (Å²) in [6, 6.07) is 0.195. The van der Waals surface area contributed by atoms with Gasteiger partial charge in [-0.3, -0.25) is 0 Å². The fourth-order valence-corrected chi connectivity index (χ4v) is 2.26. The molecule has 2 N–H and O–H groups in total. The standard InChI is InChI=1S/C12H19F3N4/c13-12(14,15)4-1-5-18-6-3-11(17-9-18)19-7-2-10(16)8-19/h3,6,10H,1-2,4-5,7-9,16H2/t10-/m1/s1. The third kappa shape index (κ3) is 4.41. The third-order valence-corrected chi connectivity index (χ3v) is 3.30. The molecule has 1 fully saturated rings. The van der Waals surface area contributed by atoms with Gasteiger partial charge in [0.25, 0.3) is 0 Å². The Labute approximate surface area is 110 Å². The SMILES string of the molecule is N[C@@H]1CCN(C2=NCN(CCCC(F)(F)F)C=C2)C1. The molecular formula is C12H19F3N4. The van der Waals surface area contributed by atoms with Gasteiger partial charge in [0.1, 0.15) is 12.5 Å². The maximum atomic E-state index is 12.0. The number of hydrogen-bond acceptors (Lipinski definition) is 4. The first-order valence-electron chi connectivity index (χ1n) is 6.48. The van der Waals surface area contributed by atoms with E-state index in [1.165, 1.54) is 0 Å². The maximum Gasteiger partial charge on any atom is 0.389 e. The molecule has 2 aliphatic heterocycles. The Morgan fingerprint density at radius 3 is 2.74 bits per heavy atom. The number of alkyl halides is 3. The van der Waals surface area contributed by atoms with Crippen LogP contribution in [0.4, 0.5) is 13.2 Å². The summed E-state index contributed by atoms with van der Waals surface area (Å²) in [5.41, 5.74) is 5.83. The Hall–Kier alpha value is -1.24. The molecule has 0 saturated carbocycles. The van der Waals surface area contributed by atoms with E-state index in [4.69, 9.17) is 5.73 Å². The van der Waals surface area contributed by atoms with Crippen molar-refractivity contribution in [2.24, 2.45) is 10.7 Å². The quantitative estimate of drug-likeness (QED) is 0.850. The fourth-order valence-electron chi connectivity index (χ4n) is 2.26. The molecule has 0 unspecified atom stereocenters. The van der Waals surface area contributed by atoms with Gasteiger partial charge >= 0.3 is 6.18 Å². The van der Waals surface area contributed by atoms with Crippen molar-refractivity contribution in [1.82, 2.24) is 9.80 Å². The molecule has 0 amide bonds. The Morgan fingerprint density at radius 1 is 1.42 bits per heavy atom. The number of amidine groups is 1. The molecule has 0 aromatic rings. The largest absolute Gasteiger partial charge is 0.389 e. The number of likely N-dealkylation sites (tertiary alicyclic amines) is 1. The molecule has 4 nitrogen and oxygen atoms in total. The van der Waals surface area contributed by atoms with E-state index in [0.29, 0.717) is 13.2 Å². The number of aliphatic imine (C=N–C) groups is 1. The van der Waals surface area contributed by atoms with E-state index in [9.17, 15) is 13.2 Å². The highest BCUT2D eigenvalue weighted by atomic mass is 19.4. The van der Waals surface area contributed by atoms with E-state index in [-0.39, 0.29) is 12.5 Å². The Kier molecular flexibility index (Phi) is 4.34. The van der Waals surface area contributed by atoms with Crippen LogP contribution in [0.15, 0.2) is 17.3 Å². The second-order valence-corrected chi connectivity index (χ2v) is 5.00. The molecular weight excluding hydrogens is 257 g/mol. The molecule has 108 valence electrons. The average molecular weight is 276 g/mol. The van der Waals surface area contributed by atoms with Gasteiger partial charge in [0, 0.05) is 38.3 Å². The summed E-state index contributed by atoms with van der Waals surface area (Å²) in [5, 5.41) is 0. The lowest BCUT2D eigenvalue weighted by Gasteiger charge is -2.26. The molecule has 0 aromatic heterocycles. The zero-order chi connectivity index (χ0) is 13.9. The highest BCUT2D eigenvalue weighted by Gasteiger charge is 2.26. The molecule has 0 radical (unpaired) electrons. The van der Waals surface area contributed by atoms with Crippen LogP contribution in [0.25, 0.3) is 0 Å². The van der Waals surface area contributed by atoms with E-state index in [1.807, 2.05) is 12.3 Å². The van der Waals surface area contributed by atoms with Gasteiger partial charge in [-0.2, -0.15) is 13.2 Å². The molecule has 19 heavy (non-hydrogen) atoms. The van der Waals surface area contributed by atoms with Crippen molar-refractivity contribution in [3.8, 4) is 0 Å². The molecule has 0 aliphatic carbocycles. The molecule has 1 atom stereocenters. The minimum atomic E-state index is -4.07. The summed E-state index contributed by atoms with van der Waals surface area (Å²) in [5.74, 6) is 0.889. The molecule has 2 rings (SSSR count). The first-order valence-corrected chi connectivity index (χ1v) is 6.48. The second kappa shape index (κ2) is 5.81. The zero-order valence-corrected chi connectivity index (χ0v) is 10.7. The van der Waals surface area contributed by atoms with Crippen LogP contribution < -0.4 is 5.73 Å². The normalized spacial score (nSPS) is 24.0. The van der Waals surface area contributed by atoms with Gasteiger partial charge in [-0.1, -0.05) is 0 Å². The second-order valence-electron chi connectivity index (χ2n) is 5.00. The van der Waals surface area contributed by atoms with Crippen molar-refractivity contribution < 1.29 is 13.2 Å². The fraction of sp³-hybridized carbons (Fsp3) is 0.750. The number of nitrogens with two attached hydrogens (primary N) is 1. The van der Waals surface area contributed by atoms with Gasteiger partial charge in [-0.15, -0.1) is 0 Å². The van der Waals surface area contributed by atoms with Crippen LogP contribution >= 0.6 is 0 Å². The molecule has 1 saturated heterocycles. The Bertz CT molecular complexity index is 364. The summed E-state index contributed by atoms with van der Waals surface area (Å²) in [6.07, 6.45) is -0.0678. The number of rotatable bonds is 3. The maximum absolute atomic E-state index is 12.0. The van der Waals surface area contributed by atoms with E-state index in [2.05, 4.69) is 9.89 Å². The van der Waals surface area contributed by atoms with Crippen LogP contribution in [0, 0.1) is 0 Å². The van der Waals surface area contributed by atoms with Crippen LogP contribution in [0.2, 0.25) is 0 Å². The Morgan fingerprint density at radius 2 is 2.21 bits per heavy atom. The predicted octanol–water partition coefficient (Wildman–Crippen LogP) is 1.55. The monoisotopic (exact) mass is 276 g/mol. The van der Waals surface area contributed by atoms with Gasteiger partial charge in [0.05, 0.1) is 0 Å². The minimum absolute atomic E-state index is 0.104. The predicted molar refractivity (Wildman–Crippen MR) is 67.6 cm³/mol. The van der Waals surface area contributed by atoms with Crippen molar-refractivity contribution in [1.29, 1.82) is 0 Å². The number of hydrogen-bond donors (Lipinski definition) is 1. The molecule has 2 aliphatic rings. The van der Waals surface area contributed by atoms with Gasteiger partial charge in [0.15, 0.2) is 0 Å². The lowest BCUT2D eigenvalue weighted by Crippen LogP contribution is -2.34. The molecule has 0 aromatic carbocycles. The summed E-state index contributed by atoms with van der Waals surface area (Å²) < 4.78 is 36.1. The highest BCUT2D eigenvalue weighted by molar-refractivity contribution is 5.93. The zero-order valence-electron chi connectivity index (χ0n) is 10.7. The smallest absolute Gasteiger partial charge is 0.358 e. The molecule has 7 heteroatoms. The summed E-state index contributed by atoms with van der Waals surface area (Å²) in [6.45, 7) is 2.51. The van der Waals surface area contributed by atoms with Gasteiger partial charge < -0.3 is 15.5 Å². The van der Waals surface area contributed by atoms with Crippen molar-refractivity contribution in [3.63, 3.8) is 0 Å². The number of nitrogens with zero attached hydrogens (tertiary/aromatic N) is 3. The van der Waals surface area contributed by atoms with E-state index >= 15 is 0 Å². The van der Waals surface area contributed by atoms with Gasteiger partial charge in [-0.05, 0) is 18.9 Å². The molecule has 0 spiro atoms. The topological polar surface area (TPSA) is 44.9 Å². The van der Waals surface area contributed by atoms with Crippen molar-refractivity contribution >= 4 is 5.84 Å². The van der Waals surface area contributed by atoms with Crippen LogP contribution in [0.1, 0.15) is 19.3 Å². The summed E-state index contributed by atoms with van der Waals surface area (Å²) >= 11 is 0. The van der Waals surface area contributed by atoms with Crippen LogP contribution in [-0.4, -0.2) is 54.2 Å². The van der Waals surface area contributed by atoms with Gasteiger partial charge in [0.2, 0.25) is 0 Å². The average Bonchev–Trinajstić information content (AvgIpc) is 2.75. The molecule has 2 heterocycles. The minimum Gasteiger partial charge on any atom is -0.358 e. The van der Waals surface area contributed by atoms with Gasteiger partial charge in [-0.25, -0.2) is 4.99 Å². The lowest BCUT2D eigenvalue weighted by atomic mass is 10.3. The highest BCUT2D eigenvalue weighted by Crippen LogP contribution is 2.21. The third-order valence-electron chi connectivity index (χ3n) is 3.30. The van der Waals surface area contributed by atoms with E-state index < -0.39 is 12.6 Å². The number of halogens is 3. The summed E-state index contributed by atoms with van der Waals surface area (Å²) in [7, 11) is 0.